The molecule has 0 aliphatic carbocycles. The van der Waals surface area contributed by atoms with Crippen molar-refractivity contribution in [3.63, 3.8) is 0 Å². The normalized spacial score (nSPS) is 10.7. The monoisotopic (exact) mass is 562 g/mol. The number of rotatable bonds is 11. The first-order chi connectivity index (χ1) is 15.5. The number of anilines is 1. The summed E-state index contributed by atoms with van der Waals surface area (Å²) in [7, 11) is 1.63. The maximum absolute atomic E-state index is 12.4. The third kappa shape index (κ3) is 6.83. The maximum atomic E-state index is 12.4. The van der Waals surface area contributed by atoms with Gasteiger partial charge in [-0.15, -0.1) is 16.8 Å². The van der Waals surface area contributed by atoms with Crippen molar-refractivity contribution in [1.29, 1.82) is 0 Å². The molecule has 0 saturated carbocycles. The summed E-state index contributed by atoms with van der Waals surface area (Å²) in [5.41, 5.74) is 3.04. The number of allylic oxidation sites excluding steroid dienone is 1. The minimum Gasteiger partial charge on any atom is -0.497 e. The minimum absolute atomic E-state index is 0.0283. The van der Waals surface area contributed by atoms with Gasteiger partial charge in [0.15, 0.2) is 5.16 Å². The zero-order valence-corrected chi connectivity index (χ0v) is 21.3. The summed E-state index contributed by atoms with van der Waals surface area (Å²) in [5, 5.41) is 12.5. The van der Waals surface area contributed by atoms with Gasteiger partial charge in [0.25, 0.3) is 0 Å². The molecule has 32 heavy (non-hydrogen) atoms. The number of hydrogen-bond donors (Lipinski definition) is 1. The van der Waals surface area contributed by atoms with Gasteiger partial charge in [0.05, 0.1) is 7.11 Å². The van der Waals surface area contributed by atoms with Crippen LogP contribution in [0.15, 0.2) is 60.3 Å². The lowest BCUT2D eigenvalue weighted by Crippen LogP contribution is -2.13. The molecule has 3 aromatic rings. The number of nitrogens with zero attached hydrogens (tertiary/aromatic N) is 3. The Labute approximate surface area is 207 Å². The highest BCUT2D eigenvalue weighted by atomic mass is 127. The summed E-state index contributed by atoms with van der Waals surface area (Å²) in [6.07, 6.45) is 3.94. The first-order valence-corrected chi connectivity index (χ1v) is 12.4. The lowest BCUT2D eigenvalue weighted by Gasteiger charge is -2.10. The lowest BCUT2D eigenvalue weighted by molar-refractivity contribution is -0.115. The second-order valence-electron chi connectivity index (χ2n) is 7.25. The molecule has 1 N–H and O–H groups in total. The quantitative estimate of drug-likeness (QED) is 0.195. The number of methoxy groups -OCH3 is 1. The van der Waals surface area contributed by atoms with E-state index in [0.717, 1.165) is 40.8 Å². The molecule has 0 aliphatic heterocycles. The van der Waals surface area contributed by atoms with Crippen LogP contribution >= 0.6 is 34.4 Å². The third-order valence-corrected chi connectivity index (χ3v) is 6.61. The second kappa shape index (κ2) is 12.1. The van der Waals surface area contributed by atoms with Crippen molar-refractivity contribution in [2.75, 3.05) is 18.2 Å². The van der Waals surface area contributed by atoms with E-state index in [2.05, 4.69) is 73.5 Å². The van der Waals surface area contributed by atoms with Gasteiger partial charge in [-0.25, -0.2) is 0 Å². The number of thioether (sulfide) groups is 1. The molecule has 1 heterocycles. The molecule has 168 valence electrons. The Morgan fingerprint density at radius 3 is 2.69 bits per heavy atom. The minimum atomic E-state index is -0.0283. The van der Waals surface area contributed by atoms with Crippen molar-refractivity contribution in [1.82, 2.24) is 14.8 Å². The molecule has 1 aromatic heterocycles. The van der Waals surface area contributed by atoms with Crippen molar-refractivity contribution >= 4 is 45.9 Å². The largest absolute Gasteiger partial charge is 0.497 e. The number of amides is 1. The van der Waals surface area contributed by atoms with Gasteiger partial charge >= 0.3 is 0 Å². The molecule has 0 fully saturated rings. The van der Waals surface area contributed by atoms with Crippen LogP contribution in [0.4, 0.5) is 5.69 Å². The van der Waals surface area contributed by atoms with Crippen LogP contribution in [0.3, 0.4) is 0 Å². The fraction of sp³-hybridized carbons (Fsp3) is 0.292. The van der Waals surface area contributed by atoms with E-state index in [1.807, 2.05) is 31.2 Å². The maximum Gasteiger partial charge on any atom is 0.225 e. The Hall–Kier alpha value is -2.33. The van der Waals surface area contributed by atoms with Crippen LogP contribution in [0.5, 0.6) is 5.75 Å². The molecule has 0 atom stereocenters. The molecular formula is C24H27IN4O2S. The van der Waals surface area contributed by atoms with Crippen molar-refractivity contribution < 1.29 is 9.53 Å². The SMILES string of the molecule is C=CCn1c(CCc2ccc(I)cc2)nnc1SCCC(=O)Nc1ccc(OC)cc1C. The van der Waals surface area contributed by atoms with E-state index in [1.165, 1.54) is 9.13 Å². The molecule has 8 heteroatoms. The van der Waals surface area contributed by atoms with Crippen LogP contribution in [0.1, 0.15) is 23.4 Å². The van der Waals surface area contributed by atoms with Crippen LogP contribution in [-0.2, 0) is 24.2 Å². The van der Waals surface area contributed by atoms with E-state index < -0.39 is 0 Å². The summed E-state index contributed by atoms with van der Waals surface area (Å²) in [6, 6.07) is 14.1. The number of aromatic nitrogens is 3. The highest BCUT2D eigenvalue weighted by Gasteiger charge is 2.13. The van der Waals surface area contributed by atoms with Crippen LogP contribution in [-0.4, -0.2) is 33.5 Å². The predicted molar refractivity (Wildman–Crippen MR) is 138 cm³/mol. The summed E-state index contributed by atoms with van der Waals surface area (Å²) < 4.78 is 8.52. The molecule has 3 rings (SSSR count). The number of carbonyl (C=O) groups excluding carboxylic acids is 1. The van der Waals surface area contributed by atoms with Crippen molar-refractivity contribution in [3.05, 3.63) is 75.6 Å². The summed E-state index contributed by atoms with van der Waals surface area (Å²) in [4.78, 5) is 12.4. The smallest absolute Gasteiger partial charge is 0.225 e. The van der Waals surface area contributed by atoms with Gasteiger partial charge in [-0.2, -0.15) is 0 Å². The Balaban J connectivity index is 1.54. The van der Waals surface area contributed by atoms with Gasteiger partial charge in [-0.3, -0.25) is 4.79 Å². The van der Waals surface area contributed by atoms with Gasteiger partial charge in [0, 0.05) is 34.4 Å². The standard InChI is InChI=1S/C24H27IN4O2S/c1-4-14-29-22(12-7-18-5-8-19(25)9-6-18)27-28-24(29)32-15-13-23(30)26-21-11-10-20(31-3)16-17(21)2/h4-6,8-11,16H,1,7,12-15H2,2-3H3,(H,26,30). The Bertz CT molecular complexity index is 1070. The average Bonchev–Trinajstić information content (AvgIpc) is 3.16. The zero-order chi connectivity index (χ0) is 22.9. The van der Waals surface area contributed by atoms with Gasteiger partial charge < -0.3 is 14.6 Å². The predicted octanol–water partition coefficient (Wildman–Crippen LogP) is 5.29. The van der Waals surface area contributed by atoms with Gasteiger partial charge in [-0.05, 0) is 77.4 Å². The molecule has 2 aromatic carbocycles. The zero-order valence-electron chi connectivity index (χ0n) is 18.3. The van der Waals surface area contributed by atoms with E-state index >= 15 is 0 Å². The van der Waals surface area contributed by atoms with Crippen LogP contribution in [0, 0.1) is 10.5 Å². The molecule has 0 saturated heterocycles. The molecule has 6 nitrogen and oxygen atoms in total. The third-order valence-electron chi connectivity index (χ3n) is 4.92. The fourth-order valence-electron chi connectivity index (χ4n) is 3.18. The van der Waals surface area contributed by atoms with E-state index in [1.54, 1.807) is 18.9 Å². The Morgan fingerprint density at radius 2 is 2.00 bits per heavy atom. The second-order valence-corrected chi connectivity index (χ2v) is 9.56. The Kier molecular flexibility index (Phi) is 9.16. The number of hydrogen-bond acceptors (Lipinski definition) is 5. The van der Waals surface area contributed by atoms with E-state index in [9.17, 15) is 4.79 Å². The highest BCUT2D eigenvalue weighted by molar-refractivity contribution is 14.1. The molecular weight excluding hydrogens is 535 g/mol. The van der Waals surface area contributed by atoms with Gasteiger partial charge in [0.2, 0.25) is 5.91 Å². The van der Waals surface area contributed by atoms with Gasteiger partial charge in [0.1, 0.15) is 11.6 Å². The molecule has 0 unspecified atom stereocenters. The van der Waals surface area contributed by atoms with Crippen LogP contribution in [0.25, 0.3) is 0 Å². The van der Waals surface area contributed by atoms with Crippen molar-refractivity contribution in [3.8, 4) is 5.75 Å². The van der Waals surface area contributed by atoms with Gasteiger partial charge in [-0.1, -0.05) is 30.0 Å². The first-order valence-electron chi connectivity index (χ1n) is 10.3. The number of carbonyl (C=O) groups is 1. The van der Waals surface area contributed by atoms with E-state index in [-0.39, 0.29) is 5.91 Å². The fourth-order valence-corrected chi connectivity index (χ4v) is 4.45. The lowest BCUT2D eigenvalue weighted by atomic mass is 10.1. The summed E-state index contributed by atoms with van der Waals surface area (Å²) >= 11 is 3.85. The number of benzene rings is 2. The van der Waals surface area contributed by atoms with Crippen LogP contribution in [0.2, 0.25) is 0 Å². The number of halogens is 1. The topological polar surface area (TPSA) is 69.0 Å². The summed E-state index contributed by atoms with van der Waals surface area (Å²) in [5.74, 6) is 2.30. The molecule has 0 aliphatic rings. The number of aryl methyl sites for hydroxylation is 3. The summed E-state index contributed by atoms with van der Waals surface area (Å²) in [6.45, 7) is 6.46. The highest BCUT2D eigenvalue weighted by Crippen LogP contribution is 2.22. The molecule has 1 amide bonds. The van der Waals surface area contributed by atoms with E-state index in [0.29, 0.717) is 18.7 Å². The van der Waals surface area contributed by atoms with Crippen LogP contribution < -0.4 is 10.1 Å². The molecule has 0 spiro atoms. The van der Waals surface area contributed by atoms with E-state index in [4.69, 9.17) is 4.74 Å². The number of ether oxygens (including phenoxy) is 1. The first kappa shape index (κ1) is 24.3. The molecule has 0 radical (unpaired) electrons. The van der Waals surface area contributed by atoms with Crippen molar-refractivity contribution in [2.45, 2.75) is 37.9 Å². The van der Waals surface area contributed by atoms with Crippen molar-refractivity contribution in [2.24, 2.45) is 0 Å². The molecule has 0 bridgehead atoms. The Morgan fingerprint density at radius 1 is 1.22 bits per heavy atom. The number of nitrogens with one attached hydrogen (secondary N) is 1. The average molecular weight is 562 g/mol.